The molecule has 1 aliphatic heterocycles. The fourth-order valence-corrected chi connectivity index (χ4v) is 4.66. The van der Waals surface area contributed by atoms with Gasteiger partial charge in [0, 0.05) is 19.2 Å². The van der Waals surface area contributed by atoms with Gasteiger partial charge in [0.1, 0.15) is 5.56 Å². The Labute approximate surface area is 205 Å². The second-order valence-corrected chi connectivity index (χ2v) is 9.35. The number of unbranched alkanes of at least 4 members (excludes halogenated alkanes) is 11. The van der Waals surface area contributed by atoms with Crippen LogP contribution in [0.15, 0.2) is 18.2 Å². The molecular formula is C28H42N2O4. The summed E-state index contributed by atoms with van der Waals surface area (Å²) in [6.07, 6.45) is 21.2. The Morgan fingerprint density at radius 1 is 1.03 bits per heavy atom. The molecule has 2 rings (SSSR count). The first kappa shape index (κ1) is 27.9. The van der Waals surface area contributed by atoms with Gasteiger partial charge in [-0.1, -0.05) is 96.0 Å². The van der Waals surface area contributed by atoms with Crippen molar-refractivity contribution in [3.8, 4) is 12.3 Å². The van der Waals surface area contributed by atoms with E-state index in [4.69, 9.17) is 11.2 Å². The van der Waals surface area contributed by atoms with Crippen molar-refractivity contribution >= 4 is 11.6 Å². The number of carbonyl (C=O) groups excluding carboxylic acids is 1. The van der Waals surface area contributed by atoms with Crippen LogP contribution in [-0.4, -0.2) is 42.0 Å². The predicted octanol–water partition coefficient (Wildman–Crippen LogP) is 6.61. The number of benzene rings is 1. The van der Waals surface area contributed by atoms with Crippen molar-refractivity contribution in [2.24, 2.45) is 0 Å². The topological polar surface area (TPSA) is 72.7 Å². The van der Waals surface area contributed by atoms with E-state index in [1.165, 1.54) is 70.3 Å². The molecule has 0 bridgehead atoms. The number of ether oxygens (including phenoxy) is 1. The molecule has 34 heavy (non-hydrogen) atoms. The van der Waals surface area contributed by atoms with Gasteiger partial charge in [0.05, 0.1) is 24.1 Å². The number of amides is 1. The first-order chi connectivity index (χ1) is 16.6. The number of rotatable bonds is 16. The van der Waals surface area contributed by atoms with Crippen molar-refractivity contribution in [2.45, 2.75) is 96.3 Å². The molecule has 1 unspecified atom stereocenters. The highest BCUT2D eigenvalue weighted by molar-refractivity contribution is 5.84. The smallest absolute Gasteiger partial charge is 0.285 e. The van der Waals surface area contributed by atoms with Crippen LogP contribution in [0.4, 0.5) is 5.69 Å². The highest BCUT2D eigenvalue weighted by Crippen LogP contribution is 2.30. The van der Waals surface area contributed by atoms with E-state index in [0.29, 0.717) is 38.3 Å². The minimum absolute atomic E-state index is 0.0362. The monoisotopic (exact) mass is 470 g/mol. The van der Waals surface area contributed by atoms with Crippen LogP contribution < -0.4 is 0 Å². The molecular weight excluding hydrogens is 428 g/mol. The summed E-state index contributed by atoms with van der Waals surface area (Å²) < 4.78 is 5.39. The molecule has 1 aliphatic rings. The van der Waals surface area contributed by atoms with Gasteiger partial charge in [-0.3, -0.25) is 14.9 Å². The number of morpholine rings is 1. The second-order valence-electron chi connectivity index (χ2n) is 9.35. The number of hydrogen-bond donors (Lipinski definition) is 0. The number of carbonyl (C=O) groups is 1. The lowest BCUT2D eigenvalue weighted by atomic mass is 9.90. The standard InChI is InChI=1S/C28H42N2O4/c1-3-5-6-7-8-9-10-11-12-13-14-15-16-26(28(31)29-19-21-34-22-20-29)25-18-17-24(4-2)27(23-25)30(32)33/h2,17-18,23,26H,3,5-16,19-22H2,1H3. The van der Waals surface area contributed by atoms with Gasteiger partial charge in [-0.2, -0.15) is 0 Å². The number of nitrogens with zero attached hydrogens (tertiary/aromatic N) is 2. The van der Waals surface area contributed by atoms with E-state index in [2.05, 4.69) is 12.8 Å². The van der Waals surface area contributed by atoms with Crippen molar-refractivity contribution in [3.63, 3.8) is 0 Å². The van der Waals surface area contributed by atoms with E-state index in [9.17, 15) is 14.9 Å². The molecule has 0 aliphatic carbocycles. The van der Waals surface area contributed by atoms with Crippen LogP contribution >= 0.6 is 0 Å². The maximum atomic E-state index is 13.3. The first-order valence-electron chi connectivity index (χ1n) is 13.2. The Balaban J connectivity index is 1.86. The molecule has 6 heteroatoms. The zero-order chi connectivity index (χ0) is 24.6. The molecule has 1 heterocycles. The van der Waals surface area contributed by atoms with Crippen LogP contribution in [0.3, 0.4) is 0 Å². The zero-order valence-electron chi connectivity index (χ0n) is 20.9. The van der Waals surface area contributed by atoms with Crippen molar-refractivity contribution in [2.75, 3.05) is 26.3 Å². The maximum absolute atomic E-state index is 13.3. The normalized spacial score (nSPS) is 14.5. The number of nitro benzene ring substituents is 1. The largest absolute Gasteiger partial charge is 0.378 e. The summed E-state index contributed by atoms with van der Waals surface area (Å²) >= 11 is 0. The highest BCUT2D eigenvalue weighted by atomic mass is 16.6. The molecule has 188 valence electrons. The predicted molar refractivity (Wildman–Crippen MR) is 137 cm³/mol. The lowest BCUT2D eigenvalue weighted by Gasteiger charge is -2.30. The van der Waals surface area contributed by atoms with Crippen LogP contribution in [0.5, 0.6) is 0 Å². The van der Waals surface area contributed by atoms with Crippen molar-refractivity contribution in [1.82, 2.24) is 4.90 Å². The molecule has 1 fully saturated rings. The molecule has 1 aromatic rings. The molecule has 0 saturated carbocycles. The van der Waals surface area contributed by atoms with Crippen molar-refractivity contribution in [3.05, 3.63) is 39.4 Å². The average molecular weight is 471 g/mol. The fraction of sp³-hybridized carbons (Fsp3) is 0.679. The van der Waals surface area contributed by atoms with E-state index in [-0.39, 0.29) is 23.1 Å². The Morgan fingerprint density at radius 2 is 1.59 bits per heavy atom. The molecule has 0 N–H and O–H groups in total. The second kappa shape index (κ2) is 16.3. The Hall–Kier alpha value is -2.39. The van der Waals surface area contributed by atoms with Gasteiger partial charge in [0.25, 0.3) is 5.69 Å². The summed E-state index contributed by atoms with van der Waals surface area (Å²) in [6, 6.07) is 4.87. The van der Waals surface area contributed by atoms with Crippen LogP contribution in [0, 0.1) is 22.5 Å². The summed E-state index contributed by atoms with van der Waals surface area (Å²) in [7, 11) is 0. The van der Waals surface area contributed by atoms with E-state index in [1.807, 2.05) is 4.90 Å². The van der Waals surface area contributed by atoms with Gasteiger partial charge >= 0.3 is 0 Å². The summed E-state index contributed by atoms with van der Waals surface area (Å²) in [4.78, 5) is 26.2. The minimum Gasteiger partial charge on any atom is -0.378 e. The van der Waals surface area contributed by atoms with Gasteiger partial charge in [-0.25, -0.2) is 0 Å². The molecule has 6 nitrogen and oxygen atoms in total. The van der Waals surface area contributed by atoms with Gasteiger partial charge in [-0.15, -0.1) is 6.42 Å². The Morgan fingerprint density at radius 3 is 2.12 bits per heavy atom. The summed E-state index contributed by atoms with van der Waals surface area (Å²) in [6.45, 7) is 4.46. The van der Waals surface area contributed by atoms with Gasteiger partial charge in [0.2, 0.25) is 5.91 Å². The molecule has 1 saturated heterocycles. The third-order valence-corrected chi connectivity index (χ3v) is 6.74. The van der Waals surface area contributed by atoms with Crippen molar-refractivity contribution < 1.29 is 14.5 Å². The summed E-state index contributed by atoms with van der Waals surface area (Å²) in [5.41, 5.74) is 0.830. The number of nitro groups is 1. The van der Waals surface area contributed by atoms with Gasteiger partial charge in [0.15, 0.2) is 0 Å². The third kappa shape index (κ3) is 9.46. The molecule has 0 aromatic heterocycles. The van der Waals surface area contributed by atoms with Crippen LogP contribution in [0.25, 0.3) is 0 Å². The van der Waals surface area contributed by atoms with E-state index >= 15 is 0 Å². The van der Waals surface area contributed by atoms with Crippen molar-refractivity contribution in [1.29, 1.82) is 0 Å². The summed E-state index contributed by atoms with van der Waals surface area (Å²) in [5.74, 6) is 2.03. The maximum Gasteiger partial charge on any atom is 0.285 e. The lowest BCUT2D eigenvalue weighted by molar-refractivity contribution is -0.385. The van der Waals surface area contributed by atoms with Crippen LogP contribution in [0.1, 0.15) is 107 Å². The van der Waals surface area contributed by atoms with E-state index in [0.717, 1.165) is 12.8 Å². The van der Waals surface area contributed by atoms with Gasteiger partial charge < -0.3 is 9.64 Å². The van der Waals surface area contributed by atoms with E-state index in [1.54, 1.807) is 12.1 Å². The molecule has 1 amide bonds. The fourth-order valence-electron chi connectivity index (χ4n) is 4.66. The number of terminal acetylenes is 1. The van der Waals surface area contributed by atoms with Crippen LogP contribution in [0.2, 0.25) is 0 Å². The Bertz CT molecular complexity index is 796. The SMILES string of the molecule is C#Cc1ccc(C(CCCCCCCCCCCCCC)C(=O)N2CCOCC2)cc1[N+](=O)[O-]. The Kier molecular flexibility index (Phi) is 13.3. The third-order valence-electron chi connectivity index (χ3n) is 6.74. The highest BCUT2D eigenvalue weighted by Gasteiger charge is 2.28. The molecule has 1 aromatic carbocycles. The molecule has 0 spiro atoms. The minimum atomic E-state index is -0.460. The first-order valence-corrected chi connectivity index (χ1v) is 13.2. The van der Waals surface area contributed by atoms with Crippen LogP contribution in [-0.2, 0) is 9.53 Å². The zero-order valence-corrected chi connectivity index (χ0v) is 20.9. The lowest BCUT2D eigenvalue weighted by Crippen LogP contribution is -2.43. The van der Waals surface area contributed by atoms with E-state index < -0.39 is 4.92 Å². The molecule has 0 radical (unpaired) electrons. The van der Waals surface area contributed by atoms with Gasteiger partial charge in [-0.05, 0) is 18.1 Å². The number of hydrogen-bond acceptors (Lipinski definition) is 4. The summed E-state index contributed by atoms with van der Waals surface area (Å²) in [5, 5.41) is 11.5. The molecule has 1 atom stereocenters. The average Bonchev–Trinajstić information content (AvgIpc) is 2.86. The quantitative estimate of drug-likeness (QED) is 0.118.